The van der Waals surface area contributed by atoms with Crippen LogP contribution >= 0.6 is 11.3 Å². The van der Waals surface area contributed by atoms with E-state index in [9.17, 15) is 14.4 Å². The molecule has 3 amide bonds. The third-order valence-corrected chi connectivity index (χ3v) is 7.10. The van der Waals surface area contributed by atoms with Crippen LogP contribution in [0.2, 0.25) is 0 Å². The van der Waals surface area contributed by atoms with Crippen molar-refractivity contribution in [3.8, 4) is 0 Å². The van der Waals surface area contributed by atoms with Crippen LogP contribution in [0, 0.1) is 6.92 Å². The summed E-state index contributed by atoms with van der Waals surface area (Å²) < 4.78 is 1.78. The zero-order valence-electron chi connectivity index (χ0n) is 17.2. The Bertz CT molecular complexity index is 1240. The highest BCUT2D eigenvalue weighted by molar-refractivity contribution is 7.20. The van der Waals surface area contributed by atoms with Crippen LogP contribution in [0.1, 0.15) is 40.3 Å². The maximum atomic E-state index is 13.1. The Balaban J connectivity index is 1.42. The molecular formula is C22H23N5O3S. The molecule has 0 bridgehead atoms. The molecule has 2 aliphatic rings. The van der Waals surface area contributed by atoms with Gasteiger partial charge in [-0.1, -0.05) is 6.42 Å². The standard InChI is InChI=1S/C22H23N5O3S/c1-13-17-20(25-16-5-3-2-4-11-27(16)21(17)29)31-18(13)19(28)24-14-6-8-15(9-7-14)26-12-10-23-22(26)30/h6-9H,2-5,10-12H2,1H3,(H,23,30)(H,24,28). The Morgan fingerprint density at radius 1 is 1.13 bits per heavy atom. The highest BCUT2D eigenvalue weighted by atomic mass is 32.1. The van der Waals surface area contributed by atoms with Gasteiger partial charge in [-0.15, -0.1) is 11.3 Å². The summed E-state index contributed by atoms with van der Waals surface area (Å²) in [4.78, 5) is 45.4. The lowest BCUT2D eigenvalue weighted by Gasteiger charge is -2.14. The monoisotopic (exact) mass is 437 g/mol. The number of urea groups is 1. The lowest BCUT2D eigenvalue weighted by Crippen LogP contribution is -2.27. The molecule has 0 atom stereocenters. The van der Waals surface area contributed by atoms with E-state index < -0.39 is 0 Å². The largest absolute Gasteiger partial charge is 0.336 e. The minimum atomic E-state index is -0.258. The Morgan fingerprint density at radius 2 is 1.94 bits per heavy atom. The third kappa shape index (κ3) is 3.48. The molecule has 0 saturated carbocycles. The second-order valence-electron chi connectivity index (χ2n) is 7.92. The molecule has 1 fully saturated rings. The highest BCUT2D eigenvalue weighted by Gasteiger charge is 2.23. The first kappa shape index (κ1) is 19.7. The van der Waals surface area contributed by atoms with Crippen LogP contribution in [-0.2, 0) is 13.0 Å². The molecular weight excluding hydrogens is 414 g/mol. The normalized spacial score (nSPS) is 16.2. The van der Waals surface area contributed by atoms with Crippen molar-refractivity contribution in [3.63, 3.8) is 0 Å². The first-order valence-corrected chi connectivity index (χ1v) is 11.3. The number of nitrogens with zero attached hydrogens (tertiary/aromatic N) is 3. The van der Waals surface area contributed by atoms with E-state index in [1.54, 1.807) is 21.6 Å². The summed E-state index contributed by atoms with van der Waals surface area (Å²) in [5.41, 5.74) is 2.05. The number of fused-ring (bicyclic) bond motifs is 2. The fourth-order valence-corrected chi connectivity index (χ4v) is 5.34. The second kappa shape index (κ2) is 7.81. The number of carbonyl (C=O) groups is 2. The van der Waals surface area contributed by atoms with Crippen LogP contribution in [0.25, 0.3) is 10.2 Å². The van der Waals surface area contributed by atoms with E-state index in [2.05, 4.69) is 10.6 Å². The number of aromatic nitrogens is 2. The van der Waals surface area contributed by atoms with Crippen LogP contribution in [0.3, 0.4) is 0 Å². The summed E-state index contributed by atoms with van der Waals surface area (Å²) in [5.74, 6) is 0.566. The minimum absolute atomic E-state index is 0.0389. The number of hydrogen-bond donors (Lipinski definition) is 2. The Kier molecular flexibility index (Phi) is 4.97. The molecule has 4 heterocycles. The smallest absolute Gasteiger partial charge is 0.321 e. The maximum Gasteiger partial charge on any atom is 0.321 e. The van der Waals surface area contributed by atoms with E-state index in [-0.39, 0.29) is 17.5 Å². The zero-order valence-corrected chi connectivity index (χ0v) is 18.1. The highest BCUT2D eigenvalue weighted by Crippen LogP contribution is 2.29. The second-order valence-corrected chi connectivity index (χ2v) is 8.92. The minimum Gasteiger partial charge on any atom is -0.336 e. The molecule has 160 valence electrons. The van der Waals surface area contributed by atoms with Gasteiger partial charge < -0.3 is 10.6 Å². The van der Waals surface area contributed by atoms with Crippen molar-refractivity contribution in [1.29, 1.82) is 0 Å². The summed E-state index contributed by atoms with van der Waals surface area (Å²) in [5, 5.41) is 6.22. The average Bonchev–Trinajstić information content (AvgIpc) is 3.23. The van der Waals surface area contributed by atoms with Crippen LogP contribution in [0.15, 0.2) is 29.1 Å². The molecule has 0 radical (unpaired) electrons. The molecule has 0 unspecified atom stereocenters. The molecule has 3 aromatic rings. The zero-order chi connectivity index (χ0) is 21.5. The van der Waals surface area contributed by atoms with Crippen LogP contribution in [0.4, 0.5) is 16.2 Å². The summed E-state index contributed by atoms with van der Waals surface area (Å²) in [6.45, 7) is 3.75. The van der Waals surface area contributed by atoms with Crippen LogP contribution in [0.5, 0.6) is 0 Å². The van der Waals surface area contributed by atoms with E-state index in [4.69, 9.17) is 4.98 Å². The number of anilines is 2. The van der Waals surface area contributed by atoms with Gasteiger partial charge in [-0.3, -0.25) is 19.1 Å². The molecule has 1 aromatic carbocycles. The van der Waals surface area contributed by atoms with Gasteiger partial charge in [-0.05, 0) is 49.6 Å². The average molecular weight is 438 g/mol. The molecule has 2 aromatic heterocycles. The van der Waals surface area contributed by atoms with Crippen molar-refractivity contribution in [2.45, 2.75) is 39.2 Å². The van der Waals surface area contributed by atoms with Crippen molar-refractivity contribution in [2.24, 2.45) is 0 Å². The molecule has 2 N–H and O–H groups in total. The molecule has 0 aliphatic carbocycles. The van der Waals surface area contributed by atoms with E-state index >= 15 is 0 Å². The fraction of sp³-hybridized carbons (Fsp3) is 0.364. The third-order valence-electron chi connectivity index (χ3n) is 5.91. The SMILES string of the molecule is Cc1c(C(=O)Nc2ccc(N3CCNC3=O)cc2)sc2nc3n(c(=O)c12)CCCCC3. The van der Waals surface area contributed by atoms with E-state index in [0.717, 1.165) is 37.2 Å². The Labute approximate surface area is 182 Å². The van der Waals surface area contributed by atoms with E-state index in [0.29, 0.717) is 46.0 Å². The van der Waals surface area contributed by atoms with E-state index in [1.165, 1.54) is 11.3 Å². The van der Waals surface area contributed by atoms with Gasteiger partial charge in [-0.25, -0.2) is 9.78 Å². The number of thiophene rings is 1. The summed E-state index contributed by atoms with van der Waals surface area (Å²) in [6, 6.07) is 7.05. The first-order chi connectivity index (χ1) is 15.0. The number of carbonyl (C=O) groups excluding carboxylic acids is 2. The molecule has 31 heavy (non-hydrogen) atoms. The molecule has 9 heteroatoms. The van der Waals surface area contributed by atoms with Crippen LogP contribution in [-0.4, -0.2) is 34.6 Å². The van der Waals surface area contributed by atoms with Gasteiger partial charge in [0.25, 0.3) is 11.5 Å². The number of amides is 3. The van der Waals surface area contributed by atoms with Gasteiger partial charge >= 0.3 is 6.03 Å². The van der Waals surface area contributed by atoms with Gasteiger partial charge in [0.15, 0.2) is 0 Å². The van der Waals surface area contributed by atoms with Gasteiger partial charge in [0.05, 0.1) is 10.3 Å². The predicted molar refractivity (Wildman–Crippen MR) is 121 cm³/mol. The number of hydrogen-bond acceptors (Lipinski definition) is 5. The number of aryl methyl sites for hydroxylation is 2. The van der Waals surface area contributed by atoms with Crippen molar-refractivity contribution in [3.05, 3.63) is 50.9 Å². The van der Waals surface area contributed by atoms with Crippen LogP contribution < -0.4 is 21.1 Å². The summed E-state index contributed by atoms with van der Waals surface area (Å²) in [7, 11) is 0. The lowest BCUT2D eigenvalue weighted by atomic mass is 10.2. The van der Waals surface area contributed by atoms with Crippen molar-refractivity contribution < 1.29 is 9.59 Å². The molecule has 0 spiro atoms. The van der Waals surface area contributed by atoms with Gasteiger partial charge in [-0.2, -0.15) is 0 Å². The fourth-order valence-electron chi connectivity index (χ4n) is 4.26. The van der Waals surface area contributed by atoms with Gasteiger partial charge in [0, 0.05) is 37.4 Å². The maximum absolute atomic E-state index is 13.1. The quantitative estimate of drug-likeness (QED) is 0.657. The van der Waals surface area contributed by atoms with E-state index in [1.807, 2.05) is 19.1 Å². The van der Waals surface area contributed by atoms with Gasteiger partial charge in [0.2, 0.25) is 0 Å². The van der Waals surface area contributed by atoms with Gasteiger partial charge in [0.1, 0.15) is 10.7 Å². The topological polar surface area (TPSA) is 96.3 Å². The molecule has 1 saturated heterocycles. The van der Waals surface area contributed by atoms with Crippen molar-refractivity contribution >= 4 is 44.9 Å². The number of nitrogens with one attached hydrogen (secondary N) is 2. The first-order valence-electron chi connectivity index (χ1n) is 10.5. The predicted octanol–water partition coefficient (Wildman–Crippen LogP) is 3.27. The summed E-state index contributed by atoms with van der Waals surface area (Å²) >= 11 is 1.27. The summed E-state index contributed by atoms with van der Waals surface area (Å²) in [6.07, 6.45) is 3.91. The number of benzene rings is 1. The number of rotatable bonds is 3. The lowest BCUT2D eigenvalue weighted by molar-refractivity contribution is 0.103. The van der Waals surface area contributed by atoms with Crippen molar-refractivity contribution in [1.82, 2.24) is 14.9 Å². The molecule has 5 rings (SSSR count). The molecule has 8 nitrogen and oxygen atoms in total. The Hall–Kier alpha value is -3.20. The molecule has 2 aliphatic heterocycles. The van der Waals surface area contributed by atoms with Crippen molar-refractivity contribution in [2.75, 3.05) is 23.3 Å². The Morgan fingerprint density at radius 3 is 2.68 bits per heavy atom.